The third-order valence-corrected chi connectivity index (χ3v) is 4.90. The lowest BCUT2D eigenvalue weighted by atomic mass is 10.2. The van der Waals surface area contributed by atoms with Crippen LogP contribution in [0.15, 0.2) is 24.4 Å². The van der Waals surface area contributed by atoms with Crippen molar-refractivity contribution in [3.63, 3.8) is 0 Å². The number of anilines is 2. The van der Waals surface area contributed by atoms with E-state index in [-0.39, 0.29) is 25.5 Å². The summed E-state index contributed by atoms with van der Waals surface area (Å²) >= 11 is 0. The highest BCUT2D eigenvalue weighted by molar-refractivity contribution is 5.90. The maximum Gasteiger partial charge on any atom is 0.414 e. The van der Waals surface area contributed by atoms with E-state index in [0.29, 0.717) is 24.5 Å². The van der Waals surface area contributed by atoms with Gasteiger partial charge in [-0.25, -0.2) is 9.18 Å². The molecule has 1 aromatic carbocycles. The van der Waals surface area contributed by atoms with Crippen LogP contribution in [0, 0.1) is 17.1 Å². The van der Waals surface area contributed by atoms with Crippen molar-refractivity contribution in [1.82, 2.24) is 15.1 Å². The van der Waals surface area contributed by atoms with E-state index in [1.165, 1.54) is 17.9 Å². The molecule has 1 atom stereocenters. The Hall–Kier alpha value is -3.61. The number of carbonyl (C=O) groups is 2. The topological polar surface area (TPSA) is 103 Å². The molecule has 29 heavy (non-hydrogen) atoms. The molecular weight excluding hydrogens is 379 g/mol. The van der Waals surface area contributed by atoms with Gasteiger partial charge in [0.15, 0.2) is 0 Å². The van der Waals surface area contributed by atoms with Crippen LogP contribution in [-0.4, -0.2) is 41.0 Å². The summed E-state index contributed by atoms with van der Waals surface area (Å²) in [6, 6.07) is 6.66. The van der Waals surface area contributed by atoms with Gasteiger partial charge in [-0.1, -0.05) is 0 Å². The quantitative estimate of drug-likeness (QED) is 0.819. The first-order valence-electron chi connectivity index (χ1n) is 9.14. The minimum atomic E-state index is -0.569. The van der Waals surface area contributed by atoms with Crippen LogP contribution in [0.1, 0.15) is 18.2 Å². The smallest absolute Gasteiger partial charge is 0.414 e. The summed E-state index contributed by atoms with van der Waals surface area (Å²) in [6.45, 7) is 2.98. The first kappa shape index (κ1) is 18.7. The van der Waals surface area contributed by atoms with Gasteiger partial charge < -0.3 is 15.0 Å². The molecule has 2 amide bonds. The number of fused-ring (bicyclic) bond motifs is 1. The van der Waals surface area contributed by atoms with Gasteiger partial charge >= 0.3 is 6.09 Å². The summed E-state index contributed by atoms with van der Waals surface area (Å²) in [5.74, 6) is -0.656. The molecule has 10 heteroatoms. The van der Waals surface area contributed by atoms with Gasteiger partial charge in [0.05, 0.1) is 42.8 Å². The second-order valence-corrected chi connectivity index (χ2v) is 7.00. The minimum absolute atomic E-state index is 0.185. The van der Waals surface area contributed by atoms with Crippen LogP contribution in [0.5, 0.6) is 0 Å². The number of ether oxygens (including phenoxy) is 1. The van der Waals surface area contributed by atoms with Crippen molar-refractivity contribution in [1.29, 1.82) is 5.26 Å². The summed E-state index contributed by atoms with van der Waals surface area (Å²) in [5, 5.41) is 15.7. The Labute approximate surface area is 166 Å². The van der Waals surface area contributed by atoms with E-state index >= 15 is 0 Å². The summed E-state index contributed by atoms with van der Waals surface area (Å²) in [4.78, 5) is 26.3. The highest BCUT2D eigenvalue weighted by atomic mass is 19.1. The van der Waals surface area contributed by atoms with Crippen LogP contribution in [0.2, 0.25) is 0 Å². The van der Waals surface area contributed by atoms with Gasteiger partial charge in [-0.05, 0) is 18.2 Å². The number of amides is 2. The fourth-order valence-electron chi connectivity index (χ4n) is 3.55. The Morgan fingerprint density at radius 3 is 2.97 bits per heavy atom. The van der Waals surface area contributed by atoms with Gasteiger partial charge in [0.1, 0.15) is 18.5 Å². The van der Waals surface area contributed by atoms with Gasteiger partial charge in [-0.3, -0.25) is 14.4 Å². The second kappa shape index (κ2) is 7.43. The molecule has 2 aliphatic rings. The maximum absolute atomic E-state index is 14.8. The molecule has 0 saturated carbocycles. The average Bonchev–Trinajstić information content (AvgIpc) is 3.33. The Kier molecular flexibility index (Phi) is 4.80. The number of benzene rings is 1. The molecular formula is C19H19FN6O3. The van der Waals surface area contributed by atoms with E-state index in [1.54, 1.807) is 23.0 Å². The third kappa shape index (κ3) is 3.71. The van der Waals surface area contributed by atoms with Gasteiger partial charge in [-0.15, -0.1) is 0 Å². The number of rotatable bonds is 5. The lowest BCUT2D eigenvalue weighted by Crippen LogP contribution is -2.33. The SMILES string of the molecule is CC(=O)NC[C@H]1CN(c2ccc(N3Cc4cn(CC#N)nc4C3)c(F)c2)C(=O)O1. The normalized spacial score (nSPS) is 17.8. The van der Waals surface area contributed by atoms with E-state index in [1.807, 2.05) is 11.0 Å². The maximum atomic E-state index is 14.8. The van der Waals surface area contributed by atoms with E-state index in [4.69, 9.17) is 10.00 Å². The fraction of sp³-hybridized carbons (Fsp3) is 0.368. The van der Waals surface area contributed by atoms with Crippen LogP contribution in [-0.2, 0) is 29.2 Å². The highest BCUT2D eigenvalue weighted by Gasteiger charge is 2.33. The largest absolute Gasteiger partial charge is 0.442 e. The zero-order valence-electron chi connectivity index (χ0n) is 15.8. The van der Waals surface area contributed by atoms with Crippen LogP contribution in [0.4, 0.5) is 20.6 Å². The monoisotopic (exact) mass is 398 g/mol. The molecule has 4 rings (SSSR count). The number of nitriles is 1. The van der Waals surface area contributed by atoms with Crippen LogP contribution < -0.4 is 15.1 Å². The predicted molar refractivity (Wildman–Crippen MR) is 100 cm³/mol. The van der Waals surface area contributed by atoms with Crippen molar-refractivity contribution in [2.45, 2.75) is 32.7 Å². The van der Waals surface area contributed by atoms with Crippen molar-refractivity contribution >= 4 is 23.4 Å². The molecule has 2 aromatic rings. The molecule has 1 N–H and O–H groups in total. The zero-order valence-corrected chi connectivity index (χ0v) is 15.8. The summed E-state index contributed by atoms with van der Waals surface area (Å²) < 4.78 is 21.6. The van der Waals surface area contributed by atoms with E-state index in [2.05, 4.69) is 10.4 Å². The Morgan fingerprint density at radius 2 is 2.28 bits per heavy atom. The van der Waals surface area contributed by atoms with Crippen molar-refractivity contribution in [2.24, 2.45) is 0 Å². The molecule has 0 unspecified atom stereocenters. The van der Waals surface area contributed by atoms with Gasteiger partial charge in [0.25, 0.3) is 0 Å². The summed E-state index contributed by atoms with van der Waals surface area (Å²) in [6.07, 6.45) is 0.758. The highest BCUT2D eigenvalue weighted by Crippen LogP contribution is 2.32. The number of hydrogen-bond acceptors (Lipinski definition) is 6. The summed E-state index contributed by atoms with van der Waals surface area (Å²) in [5.41, 5.74) is 2.61. The number of carbonyl (C=O) groups excluding carboxylic acids is 2. The van der Waals surface area contributed by atoms with E-state index in [9.17, 15) is 14.0 Å². The Balaban J connectivity index is 1.45. The van der Waals surface area contributed by atoms with E-state index in [0.717, 1.165) is 11.3 Å². The number of hydrogen-bond donors (Lipinski definition) is 1. The lowest BCUT2D eigenvalue weighted by molar-refractivity contribution is -0.119. The van der Waals surface area contributed by atoms with Gasteiger partial charge in [-0.2, -0.15) is 10.4 Å². The molecule has 9 nitrogen and oxygen atoms in total. The molecule has 2 aliphatic heterocycles. The molecule has 150 valence electrons. The first-order valence-corrected chi connectivity index (χ1v) is 9.14. The molecule has 3 heterocycles. The van der Waals surface area contributed by atoms with Crippen LogP contribution in [0.25, 0.3) is 0 Å². The van der Waals surface area contributed by atoms with Gasteiger partial charge in [0, 0.05) is 25.2 Å². The van der Waals surface area contributed by atoms with Gasteiger partial charge in [0.2, 0.25) is 5.91 Å². The number of aromatic nitrogens is 2. The predicted octanol–water partition coefficient (Wildman–Crippen LogP) is 1.53. The lowest BCUT2D eigenvalue weighted by Gasteiger charge is -2.20. The molecule has 1 aromatic heterocycles. The second-order valence-electron chi connectivity index (χ2n) is 7.00. The summed E-state index contributed by atoms with van der Waals surface area (Å²) in [7, 11) is 0. The van der Waals surface area contributed by atoms with Crippen molar-refractivity contribution in [2.75, 3.05) is 22.9 Å². The Morgan fingerprint density at radius 1 is 1.45 bits per heavy atom. The molecule has 0 radical (unpaired) electrons. The molecule has 1 saturated heterocycles. The van der Waals surface area contributed by atoms with Crippen molar-refractivity contribution < 1.29 is 18.7 Å². The Bertz CT molecular complexity index is 990. The minimum Gasteiger partial charge on any atom is -0.442 e. The molecule has 0 spiro atoms. The van der Waals surface area contributed by atoms with Crippen LogP contribution in [0.3, 0.4) is 0 Å². The van der Waals surface area contributed by atoms with Crippen LogP contribution >= 0.6 is 0 Å². The average molecular weight is 398 g/mol. The van der Waals surface area contributed by atoms with E-state index < -0.39 is 18.0 Å². The van der Waals surface area contributed by atoms with Crippen molar-refractivity contribution in [3.05, 3.63) is 41.5 Å². The van der Waals surface area contributed by atoms with Crippen molar-refractivity contribution in [3.8, 4) is 6.07 Å². The third-order valence-electron chi connectivity index (χ3n) is 4.90. The first-order chi connectivity index (χ1) is 13.9. The number of cyclic esters (lactones) is 1. The number of nitrogens with one attached hydrogen (secondary N) is 1. The standard InChI is InChI=1S/C19H19FN6O3/c1-12(27)22-7-15-10-26(19(28)29-15)14-2-3-18(16(20)6-14)24-8-13-9-25(5-4-21)23-17(13)11-24/h2-3,6,9,15H,5,7-8,10-11H2,1H3,(H,22,27)/t15-/m0/s1. The molecule has 0 bridgehead atoms. The fourth-order valence-corrected chi connectivity index (χ4v) is 3.55. The number of halogens is 1. The molecule has 0 aliphatic carbocycles. The molecule has 1 fully saturated rings. The number of nitrogens with zero attached hydrogens (tertiary/aromatic N) is 5. The zero-order chi connectivity index (χ0) is 20.5.